The Kier molecular flexibility index (Phi) is 5.51. The maximum Gasteiger partial charge on any atom is 0.0991 e. The van der Waals surface area contributed by atoms with Gasteiger partial charge in [0.15, 0.2) is 0 Å². The zero-order chi connectivity index (χ0) is 31.1. The molecule has 0 atom stereocenters. The van der Waals surface area contributed by atoms with Crippen molar-refractivity contribution in [2.75, 3.05) is 0 Å². The molecule has 0 bridgehead atoms. The highest BCUT2D eigenvalue weighted by atomic mass is 32.1. The van der Waals surface area contributed by atoms with Crippen LogP contribution < -0.4 is 0 Å². The Labute approximate surface area is 274 Å². The molecular weight excluding hydrogens is 591 g/mol. The number of rotatable bonds is 3. The van der Waals surface area contributed by atoms with Gasteiger partial charge in [0.2, 0.25) is 0 Å². The fraction of sp³-hybridized carbons (Fsp3) is 0. The molecule has 10 rings (SSSR count). The Bertz CT molecular complexity index is 2860. The smallest absolute Gasteiger partial charge is 0.0991 e. The molecule has 218 valence electrons. The average molecular weight is 616 g/mol. The van der Waals surface area contributed by atoms with E-state index in [9.17, 15) is 5.26 Å². The third kappa shape index (κ3) is 3.66. The lowest BCUT2D eigenvalue weighted by atomic mass is 9.98. The molecular formula is C43H25N3S. The maximum absolute atomic E-state index is 10.1. The third-order valence-electron chi connectivity index (χ3n) is 9.55. The molecule has 4 heteroatoms. The van der Waals surface area contributed by atoms with E-state index in [4.69, 9.17) is 0 Å². The summed E-state index contributed by atoms with van der Waals surface area (Å²) in [5.41, 5.74) is 9.78. The number of nitrogens with zero attached hydrogens (tertiary/aromatic N) is 3. The van der Waals surface area contributed by atoms with Crippen molar-refractivity contribution < 1.29 is 0 Å². The number of benzene rings is 7. The van der Waals surface area contributed by atoms with Crippen LogP contribution in [0.2, 0.25) is 0 Å². The van der Waals surface area contributed by atoms with Gasteiger partial charge in [0.25, 0.3) is 0 Å². The van der Waals surface area contributed by atoms with Gasteiger partial charge in [0.1, 0.15) is 0 Å². The van der Waals surface area contributed by atoms with E-state index in [-0.39, 0.29) is 0 Å². The van der Waals surface area contributed by atoms with E-state index in [0.29, 0.717) is 5.56 Å². The lowest BCUT2D eigenvalue weighted by molar-refractivity contribution is 1.18. The van der Waals surface area contributed by atoms with E-state index < -0.39 is 0 Å². The summed E-state index contributed by atoms with van der Waals surface area (Å²) in [6.45, 7) is 0. The molecule has 47 heavy (non-hydrogen) atoms. The lowest BCUT2D eigenvalue weighted by Crippen LogP contribution is -1.98. The molecule has 0 unspecified atom stereocenters. The second kappa shape index (κ2) is 9.92. The Hall–Kier alpha value is -6.15. The van der Waals surface area contributed by atoms with E-state index in [0.717, 1.165) is 33.5 Å². The molecule has 0 saturated heterocycles. The minimum atomic E-state index is 0.647. The lowest BCUT2D eigenvalue weighted by Gasteiger charge is -2.15. The van der Waals surface area contributed by atoms with Crippen LogP contribution in [-0.4, -0.2) is 9.13 Å². The third-order valence-corrected chi connectivity index (χ3v) is 10.8. The van der Waals surface area contributed by atoms with Crippen LogP contribution in [0.3, 0.4) is 0 Å². The first kappa shape index (κ1) is 26.1. The number of nitriles is 1. The number of thiophene rings is 1. The van der Waals surface area contributed by atoms with Gasteiger partial charge in [-0.15, -0.1) is 11.3 Å². The summed E-state index contributed by atoms with van der Waals surface area (Å²) < 4.78 is 7.26. The fourth-order valence-corrected chi connectivity index (χ4v) is 8.93. The molecule has 0 amide bonds. The first-order valence-corrected chi connectivity index (χ1v) is 16.6. The Morgan fingerprint density at radius 2 is 1.02 bits per heavy atom. The molecule has 10 aromatic rings. The summed E-state index contributed by atoms with van der Waals surface area (Å²) in [6.07, 6.45) is 0. The minimum Gasteiger partial charge on any atom is -0.309 e. The Balaban J connectivity index is 1.33. The topological polar surface area (TPSA) is 33.6 Å². The summed E-state index contributed by atoms with van der Waals surface area (Å²) in [5, 5.41) is 17.5. The van der Waals surface area contributed by atoms with Crippen molar-refractivity contribution in [3.8, 4) is 28.6 Å². The van der Waals surface area contributed by atoms with Crippen molar-refractivity contribution in [2.24, 2.45) is 0 Å². The number of para-hydroxylation sites is 4. The van der Waals surface area contributed by atoms with Gasteiger partial charge in [-0.25, -0.2) is 0 Å². The number of hydrogen-bond acceptors (Lipinski definition) is 2. The molecule has 0 saturated carbocycles. The highest BCUT2D eigenvalue weighted by Gasteiger charge is 2.21. The van der Waals surface area contributed by atoms with Crippen molar-refractivity contribution in [1.82, 2.24) is 9.13 Å². The largest absolute Gasteiger partial charge is 0.309 e. The van der Waals surface area contributed by atoms with Crippen molar-refractivity contribution in [1.29, 1.82) is 5.26 Å². The van der Waals surface area contributed by atoms with Crippen LogP contribution in [0.15, 0.2) is 152 Å². The minimum absolute atomic E-state index is 0.647. The number of hydrogen-bond donors (Lipinski definition) is 0. The monoisotopic (exact) mass is 615 g/mol. The van der Waals surface area contributed by atoms with Gasteiger partial charge >= 0.3 is 0 Å². The van der Waals surface area contributed by atoms with Crippen LogP contribution in [-0.2, 0) is 0 Å². The molecule has 0 fully saturated rings. The quantitative estimate of drug-likeness (QED) is 0.195. The SMILES string of the molecule is N#Cc1ccc(-n2c3ccccc3c3ccccc32)c(-c2cccc3c2sc2c3ccc3c4ccccc4n(-c4ccccc4)c32)c1. The Morgan fingerprint density at radius 1 is 0.447 bits per heavy atom. The van der Waals surface area contributed by atoms with Gasteiger partial charge in [-0.3, -0.25) is 0 Å². The predicted molar refractivity (Wildman–Crippen MR) is 198 cm³/mol. The van der Waals surface area contributed by atoms with Crippen LogP contribution in [0.25, 0.3) is 86.3 Å². The van der Waals surface area contributed by atoms with Crippen molar-refractivity contribution >= 4 is 75.1 Å². The van der Waals surface area contributed by atoms with Crippen LogP contribution in [0.1, 0.15) is 5.56 Å². The van der Waals surface area contributed by atoms with Crippen LogP contribution >= 0.6 is 11.3 Å². The molecule has 3 heterocycles. The summed E-state index contributed by atoms with van der Waals surface area (Å²) in [5.74, 6) is 0. The summed E-state index contributed by atoms with van der Waals surface area (Å²) in [4.78, 5) is 0. The first-order valence-electron chi connectivity index (χ1n) is 15.8. The fourth-order valence-electron chi connectivity index (χ4n) is 7.56. The van der Waals surface area contributed by atoms with Gasteiger partial charge < -0.3 is 9.13 Å². The normalized spacial score (nSPS) is 11.8. The molecule has 3 aromatic heterocycles. The molecule has 0 aliphatic carbocycles. The van der Waals surface area contributed by atoms with Crippen LogP contribution in [0, 0.1) is 11.3 Å². The molecule has 0 aliphatic heterocycles. The highest BCUT2D eigenvalue weighted by Crippen LogP contribution is 2.47. The molecule has 7 aromatic carbocycles. The van der Waals surface area contributed by atoms with Gasteiger partial charge in [-0.2, -0.15) is 5.26 Å². The van der Waals surface area contributed by atoms with Crippen molar-refractivity contribution in [3.05, 3.63) is 157 Å². The van der Waals surface area contributed by atoms with Gasteiger partial charge in [-0.05, 0) is 48.5 Å². The van der Waals surface area contributed by atoms with Crippen LogP contribution in [0.5, 0.6) is 0 Å². The van der Waals surface area contributed by atoms with E-state index in [1.165, 1.54) is 52.8 Å². The first-order chi connectivity index (χ1) is 23.3. The zero-order valence-electron chi connectivity index (χ0n) is 25.2. The van der Waals surface area contributed by atoms with Gasteiger partial charge in [0, 0.05) is 53.8 Å². The second-order valence-corrected chi connectivity index (χ2v) is 13.0. The summed E-state index contributed by atoms with van der Waals surface area (Å²) >= 11 is 1.85. The van der Waals surface area contributed by atoms with Crippen LogP contribution in [0.4, 0.5) is 0 Å². The standard InChI is InChI=1S/C43H25N3S/c44-26-27-21-24-40(46-38-19-8-4-13-29(38)30-14-5-9-20-39(30)46)36(25-27)34-17-10-16-33-35-23-22-32-31-15-6-7-18-37(31)45(28-11-2-1-3-12-28)41(32)43(35)47-42(33)34/h1-25H. The molecule has 0 radical (unpaired) electrons. The number of fused-ring (bicyclic) bond motifs is 10. The molecule has 0 spiro atoms. The van der Waals surface area contributed by atoms with Crippen molar-refractivity contribution in [3.63, 3.8) is 0 Å². The second-order valence-electron chi connectivity index (χ2n) is 12.0. The average Bonchev–Trinajstić information content (AvgIpc) is 3.80. The molecule has 0 N–H and O–H groups in total. The highest BCUT2D eigenvalue weighted by molar-refractivity contribution is 7.27. The van der Waals surface area contributed by atoms with E-state index in [1.54, 1.807) is 0 Å². The number of aromatic nitrogens is 2. The van der Waals surface area contributed by atoms with Crippen molar-refractivity contribution in [2.45, 2.75) is 0 Å². The molecule has 0 aliphatic rings. The van der Waals surface area contributed by atoms with E-state index in [2.05, 4.69) is 161 Å². The van der Waals surface area contributed by atoms with E-state index in [1.807, 2.05) is 17.4 Å². The van der Waals surface area contributed by atoms with Gasteiger partial charge in [-0.1, -0.05) is 103 Å². The van der Waals surface area contributed by atoms with Gasteiger partial charge in [0.05, 0.1) is 44.1 Å². The zero-order valence-corrected chi connectivity index (χ0v) is 26.0. The predicted octanol–water partition coefficient (Wildman–Crippen LogP) is 11.8. The molecule has 3 nitrogen and oxygen atoms in total. The maximum atomic E-state index is 10.1. The summed E-state index contributed by atoms with van der Waals surface area (Å²) in [6, 6.07) is 56.3. The van der Waals surface area contributed by atoms with E-state index >= 15 is 0 Å². The summed E-state index contributed by atoms with van der Waals surface area (Å²) in [7, 11) is 0. The Morgan fingerprint density at radius 3 is 1.72 bits per heavy atom.